The lowest BCUT2D eigenvalue weighted by molar-refractivity contribution is -0.910. The molecule has 1 N–H and O–H groups in total. The van der Waals surface area contributed by atoms with E-state index in [2.05, 4.69) is 0 Å². The first-order valence-corrected chi connectivity index (χ1v) is 12.6. The summed E-state index contributed by atoms with van der Waals surface area (Å²) in [5.41, 5.74) is 0.861. The van der Waals surface area contributed by atoms with Crippen molar-refractivity contribution >= 4 is 32.6 Å². The molecule has 0 saturated carbocycles. The predicted octanol–water partition coefficient (Wildman–Crippen LogP) is 1.23. The normalized spacial score (nSPS) is 20.6. The van der Waals surface area contributed by atoms with Gasteiger partial charge in [0.05, 0.1) is 37.0 Å². The van der Waals surface area contributed by atoms with E-state index in [4.69, 9.17) is 0 Å². The zero-order valence-electron chi connectivity index (χ0n) is 18.2. The summed E-state index contributed by atoms with van der Waals surface area (Å²) in [4.78, 5) is 28.1. The average molecular weight is 465 g/mol. The maximum atomic E-state index is 13.2. The zero-order chi connectivity index (χ0) is 23.0. The van der Waals surface area contributed by atoms with Crippen molar-refractivity contribution in [1.82, 2.24) is 9.21 Å². The molecule has 3 aromatic carbocycles. The lowest BCUT2D eigenvalue weighted by Gasteiger charge is -2.33. The minimum atomic E-state index is -3.60. The number of rotatable bonds is 5. The summed E-state index contributed by atoms with van der Waals surface area (Å²) in [6, 6.07) is 22.3. The first kappa shape index (κ1) is 21.8. The van der Waals surface area contributed by atoms with Gasteiger partial charge < -0.3 is 4.90 Å². The van der Waals surface area contributed by atoms with Gasteiger partial charge in [0.15, 0.2) is 6.67 Å². The number of sulfonamides is 1. The molecule has 0 aliphatic carbocycles. The van der Waals surface area contributed by atoms with E-state index < -0.39 is 15.9 Å². The van der Waals surface area contributed by atoms with Crippen molar-refractivity contribution in [2.75, 3.05) is 32.8 Å². The van der Waals surface area contributed by atoms with Crippen molar-refractivity contribution in [3.63, 3.8) is 0 Å². The van der Waals surface area contributed by atoms with Crippen LogP contribution in [0, 0.1) is 0 Å². The molecule has 7 nitrogen and oxygen atoms in total. The number of piperazine rings is 1. The van der Waals surface area contributed by atoms with Gasteiger partial charge >= 0.3 is 0 Å². The van der Waals surface area contributed by atoms with Gasteiger partial charge in [-0.3, -0.25) is 9.59 Å². The van der Waals surface area contributed by atoms with Crippen LogP contribution in [-0.2, 0) is 19.6 Å². The van der Waals surface area contributed by atoms with Crippen LogP contribution in [0.1, 0.15) is 17.9 Å². The molecule has 1 atom stereocenters. The fourth-order valence-corrected chi connectivity index (χ4v) is 6.17. The smallest absolute Gasteiger partial charge is 0.243 e. The monoisotopic (exact) mass is 464 g/mol. The third-order valence-corrected chi connectivity index (χ3v) is 8.51. The third-order valence-electron chi connectivity index (χ3n) is 6.62. The predicted molar refractivity (Wildman–Crippen MR) is 124 cm³/mol. The Morgan fingerprint density at radius 3 is 2.24 bits per heavy atom. The van der Waals surface area contributed by atoms with E-state index in [0.717, 1.165) is 21.2 Å². The van der Waals surface area contributed by atoms with Gasteiger partial charge in [-0.15, -0.1) is 0 Å². The Bertz CT molecular complexity index is 1300. The van der Waals surface area contributed by atoms with Crippen LogP contribution < -0.4 is 4.90 Å². The number of amides is 2. The van der Waals surface area contributed by atoms with Crippen LogP contribution in [0.3, 0.4) is 0 Å². The van der Waals surface area contributed by atoms with E-state index in [1.54, 1.807) is 12.1 Å². The molecule has 170 valence electrons. The number of nitrogens with one attached hydrogen (secondary N) is 1. The number of nitrogens with zero attached hydrogens (tertiary/aromatic N) is 2. The van der Waals surface area contributed by atoms with Gasteiger partial charge in [0.25, 0.3) is 0 Å². The second-order valence-electron chi connectivity index (χ2n) is 8.65. The molecule has 1 unspecified atom stereocenters. The first-order chi connectivity index (χ1) is 15.9. The molecule has 2 fully saturated rings. The Labute approximate surface area is 193 Å². The summed E-state index contributed by atoms with van der Waals surface area (Å²) in [5.74, 6) is -0.745. The third kappa shape index (κ3) is 4.17. The van der Waals surface area contributed by atoms with Crippen LogP contribution in [0.25, 0.3) is 10.8 Å². The topological polar surface area (TPSA) is 79.2 Å². The van der Waals surface area contributed by atoms with Crippen LogP contribution in [-0.4, -0.2) is 62.3 Å². The molecule has 8 heteroatoms. The molecule has 5 rings (SSSR count). The van der Waals surface area contributed by atoms with Crippen LogP contribution in [0.4, 0.5) is 0 Å². The Hall–Kier alpha value is -3.07. The fourth-order valence-electron chi connectivity index (χ4n) is 4.70. The molecule has 2 heterocycles. The minimum absolute atomic E-state index is 0.160. The van der Waals surface area contributed by atoms with Gasteiger partial charge in [-0.2, -0.15) is 4.31 Å². The van der Waals surface area contributed by atoms with Crippen molar-refractivity contribution in [1.29, 1.82) is 0 Å². The lowest BCUT2D eigenvalue weighted by atomic mass is 9.98. The molecule has 33 heavy (non-hydrogen) atoms. The van der Waals surface area contributed by atoms with E-state index in [1.165, 1.54) is 9.21 Å². The van der Waals surface area contributed by atoms with Crippen LogP contribution >= 0.6 is 0 Å². The summed E-state index contributed by atoms with van der Waals surface area (Å²) in [6.45, 7) is 2.07. The zero-order valence-corrected chi connectivity index (χ0v) is 19.0. The summed E-state index contributed by atoms with van der Waals surface area (Å²) in [7, 11) is -3.60. The maximum Gasteiger partial charge on any atom is 0.243 e. The quantitative estimate of drug-likeness (QED) is 0.576. The summed E-state index contributed by atoms with van der Waals surface area (Å²) in [5, 5.41) is 1.89. The number of hydrogen-bond acceptors (Lipinski definition) is 4. The van der Waals surface area contributed by atoms with E-state index in [0.29, 0.717) is 31.1 Å². The number of quaternary nitrogens is 1. The molecule has 0 radical (unpaired) electrons. The fraction of sp³-hybridized carbons (Fsp3) is 0.280. The summed E-state index contributed by atoms with van der Waals surface area (Å²) in [6.07, 6.45) is 0.193. The molecule has 2 amide bonds. The Morgan fingerprint density at radius 2 is 1.52 bits per heavy atom. The van der Waals surface area contributed by atoms with Gasteiger partial charge in [0.1, 0.15) is 0 Å². The first-order valence-electron chi connectivity index (χ1n) is 11.2. The number of carbonyl (C=O) groups excluding carboxylic acids is 2. The largest absolute Gasteiger partial charge is 0.315 e. The molecular weight excluding hydrogens is 438 g/mol. The van der Waals surface area contributed by atoms with E-state index >= 15 is 0 Å². The number of fused-ring (bicyclic) bond motifs is 1. The SMILES string of the molecule is O=C1CC(c2ccccc2)C(=O)N1C[NH+]1CCN(S(=O)(=O)c2ccc3ccccc3c2)CC1. The van der Waals surface area contributed by atoms with E-state index in [-0.39, 0.29) is 24.9 Å². The molecule has 0 spiro atoms. The van der Waals surface area contributed by atoms with Crippen molar-refractivity contribution in [2.24, 2.45) is 0 Å². The molecule has 0 aromatic heterocycles. The number of benzene rings is 3. The molecule has 2 aliphatic rings. The standard InChI is InChI=1S/C25H25N3O4S/c29-24-17-23(20-7-2-1-3-8-20)25(30)28(24)18-26-12-14-27(15-13-26)33(31,32)22-11-10-19-6-4-5-9-21(19)16-22/h1-11,16,23H,12-15,17-18H2/p+1. The highest BCUT2D eigenvalue weighted by atomic mass is 32.2. The van der Waals surface area contributed by atoms with Gasteiger partial charge in [-0.05, 0) is 28.5 Å². The highest BCUT2D eigenvalue weighted by Gasteiger charge is 2.42. The van der Waals surface area contributed by atoms with Crippen LogP contribution in [0.5, 0.6) is 0 Å². The number of carbonyl (C=O) groups is 2. The second kappa shape index (κ2) is 8.70. The average Bonchev–Trinajstić information content (AvgIpc) is 3.13. The van der Waals surface area contributed by atoms with Crippen molar-refractivity contribution < 1.29 is 22.9 Å². The van der Waals surface area contributed by atoms with Crippen molar-refractivity contribution in [3.8, 4) is 0 Å². The van der Waals surface area contributed by atoms with Crippen molar-refractivity contribution in [2.45, 2.75) is 17.2 Å². The Balaban J connectivity index is 1.23. The summed E-state index contributed by atoms with van der Waals surface area (Å²) >= 11 is 0. The number of imide groups is 1. The van der Waals surface area contributed by atoms with Gasteiger partial charge in [-0.1, -0.05) is 60.7 Å². The van der Waals surface area contributed by atoms with Crippen LogP contribution in [0.2, 0.25) is 0 Å². The van der Waals surface area contributed by atoms with Crippen LogP contribution in [0.15, 0.2) is 77.7 Å². The highest BCUT2D eigenvalue weighted by Crippen LogP contribution is 2.28. The lowest BCUT2D eigenvalue weighted by Crippen LogP contribution is -3.16. The molecule has 2 saturated heterocycles. The van der Waals surface area contributed by atoms with Gasteiger partial charge in [0, 0.05) is 6.42 Å². The Morgan fingerprint density at radius 1 is 0.848 bits per heavy atom. The van der Waals surface area contributed by atoms with E-state index in [9.17, 15) is 18.0 Å². The van der Waals surface area contributed by atoms with Gasteiger partial charge in [0.2, 0.25) is 21.8 Å². The van der Waals surface area contributed by atoms with Crippen molar-refractivity contribution in [3.05, 3.63) is 78.4 Å². The minimum Gasteiger partial charge on any atom is -0.315 e. The molecular formula is C25H26N3O4S+. The van der Waals surface area contributed by atoms with Gasteiger partial charge in [-0.25, -0.2) is 13.3 Å². The highest BCUT2D eigenvalue weighted by molar-refractivity contribution is 7.89. The van der Waals surface area contributed by atoms with E-state index in [1.807, 2.05) is 60.7 Å². The molecule has 2 aliphatic heterocycles. The molecule has 0 bridgehead atoms. The maximum absolute atomic E-state index is 13.2. The number of likely N-dealkylation sites (tertiary alicyclic amines) is 1. The summed E-state index contributed by atoms with van der Waals surface area (Å²) < 4.78 is 27.9. The molecule has 3 aromatic rings. The second-order valence-corrected chi connectivity index (χ2v) is 10.6. The number of hydrogen-bond donors (Lipinski definition) is 1. The Kier molecular flexibility index (Phi) is 5.74.